The molecule has 1 aromatic rings. The fourth-order valence-corrected chi connectivity index (χ4v) is 5.05. The number of anilines is 1. The van der Waals surface area contributed by atoms with E-state index in [4.69, 9.17) is 5.73 Å². The van der Waals surface area contributed by atoms with Gasteiger partial charge in [-0.15, -0.1) is 11.8 Å². The number of hydrogen-bond donors (Lipinski definition) is 2. The zero-order chi connectivity index (χ0) is 15.3. The van der Waals surface area contributed by atoms with Crippen molar-refractivity contribution in [3.8, 4) is 0 Å². The Balaban J connectivity index is 1.76. The lowest BCUT2D eigenvalue weighted by atomic mass is 9.67. The number of benzene rings is 1. The van der Waals surface area contributed by atoms with Crippen molar-refractivity contribution in [3.63, 3.8) is 0 Å². The van der Waals surface area contributed by atoms with Gasteiger partial charge in [0, 0.05) is 22.9 Å². The summed E-state index contributed by atoms with van der Waals surface area (Å²) >= 11 is 1.52. The predicted molar refractivity (Wildman–Crippen MR) is 89.9 cm³/mol. The van der Waals surface area contributed by atoms with Crippen LogP contribution in [0.3, 0.4) is 0 Å². The van der Waals surface area contributed by atoms with E-state index in [-0.39, 0.29) is 11.2 Å². The van der Waals surface area contributed by atoms with E-state index in [2.05, 4.69) is 11.6 Å². The van der Waals surface area contributed by atoms with Crippen LogP contribution in [-0.2, 0) is 10.0 Å². The molecule has 6 heteroatoms. The Morgan fingerprint density at radius 3 is 2.71 bits per heavy atom. The van der Waals surface area contributed by atoms with E-state index in [1.54, 1.807) is 0 Å². The summed E-state index contributed by atoms with van der Waals surface area (Å²) in [7, 11) is -3.18. The molecule has 1 saturated carbocycles. The zero-order valence-corrected chi connectivity index (χ0v) is 14.1. The first-order chi connectivity index (χ1) is 9.95. The average Bonchev–Trinajstić information content (AvgIpc) is 2.38. The van der Waals surface area contributed by atoms with Gasteiger partial charge in [0.15, 0.2) is 0 Å². The lowest BCUT2D eigenvalue weighted by molar-refractivity contribution is 0.133. The summed E-state index contributed by atoms with van der Waals surface area (Å²) in [6.45, 7) is 2.73. The third kappa shape index (κ3) is 4.90. The molecule has 0 spiro atoms. The maximum Gasteiger partial charge on any atom is 0.212 e. The van der Waals surface area contributed by atoms with Crippen LogP contribution in [0.25, 0.3) is 0 Å². The summed E-state index contributed by atoms with van der Waals surface area (Å²) in [4.78, 5) is 1.01. The molecule has 0 heterocycles. The van der Waals surface area contributed by atoms with Gasteiger partial charge < -0.3 is 5.73 Å². The van der Waals surface area contributed by atoms with Crippen LogP contribution in [0, 0.1) is 5.41 Å². The highest BCUT2D eigenvalue weighted by Gasteiger charge is 2.35. The first kappa shape index (κ1) is 16.6. The molecular formula is C15H24N2O2S2. The molecule has 0 unspecified atom stereocenters. The molecule has 0 aliphatic heterocycles. The van der Waals surface area contributed by atoms with Crippen molar-refractivity contribution in [2.24, 2.45) is 5.41 Å². The molecule has 0 atom stereocenters. The lowest BCUT2D eigenvalue weighted by Crippen LogP contribution is -2.42. The van der Waals surface area contributed by atoms with Crippen molar-refractivity contribution in [2.45, 2.75) is 37.5 Å². The molecule has 0 amide bonds. The number of rotatable bonds is 8. The standard InChI is InChI=1S/C15H24N2O2S2/c1-2-15(7-4-8-15)12-17-21(18,19)10-9-20-14-6-3-5-13(16)11-14/h3,5-6,11,17H,2,4,7-10,12,16H2,1H3. The smallest absolute Gasteiger partial charge is 0.212 e. The van der Waals surface area contributed by atoms with Gasteiger partial charge in [-0.3, -0.25) is 0 Å². The molecular weight excluding hydrogens is 304 g/mol. The second-order valence-electron chi connectivity index (χ2n) is 5.77. The Bertz CT molecular complexity index is 563. The van der Waals surface area contributed by atoms with Gasteiger partial charge >= 0.3 is 0 Å². The van der Waals surface area contributed by atoms with Crippen molar-refractivity contribution in [3.05, 3.63) is 24.3 Å². The van der Waals surface area contributed by atoms with Crippen LogP contribution >= 0.6 is 11.8 Å². The van der Waals surface area contributed by atoms with E-state index in [1.807, 2.05) is 24.3 Å². The Kier molecular flexibility index (Phi) is 5.57. The van der Waals surface area contributed by atoms with Gasteiger partial charge in [-0.1, -0.05) is 19.4 Å². The molecule has 1 fully saturated rings. The summed E-state index contributed by atoms with van der Waals surface area (Å²) < 4.78 is 26.9. The monoisotopic (exact) mass is 328 g/mol. The first-order valence-corrected chi connectivity index (χ1v) is 10.0. The fraction of sp³-hybridized carbons (Fsp3) is 0.600. The van der Waals surface area contributed by atoms with E-state index < -0.39 is 10.0 Å². The maximum atomic E-state index is 12.0. The topological polar surface area (TPSA) is 72.2 Å². The van der Waals surface area contributed by atoms with Crippen LogP contribution in [0.2, 0.25) is 0 Å². The minimum Gasteiger partial charge on any atom is -0.399 e. The third-order valence-corrected chi connectivity index (χ3v) is 6.89. The van der Waals surface area contributed by atoms with Crippen molar-refractivity contribution in [1.82, 2.24) is 4.72 Å². The number of thioether (sulfide) groups is 1. The van der Waals surface area contributed by atoms with Crippen molar-refractivity contribution in [2.75, 3.05) is 23.8 Å². The van der Waals surface area contributed by atoms with Gasteiger partial charge in [0.25, 0.3) is 0 Å². The van der Waals surface area contributed by atoms with Gasteiger partial charge in [-0.25, -0.2) is 13.1 Å². The Hall–Kier alpha value is -0.720. The lowest BCUT2D eigenvalue weighted by Gasteiger charge is -2.41. The quantitative estimate of drug-likeness (QED) is 0.568. The van der Waals surface area contributed by atoms with Crippen molar-refractivity contribution in [1.29, 1.82) is 0 Å². The number of hydrogen-bond acceptors (Lipinski definition) is 4. The van der Waals surface area contributed by atoms with Crippen LogP contribution in [-0.4, -0.2) is 26.5 Å². The number of nitrogen functional groups attached to an aromatic ring is 1. The third-order valence-electron chi connectivity index (χ3n) is 4.31. The van der Waals surface area contributed by atoms with Gasteiger partial charge in [-0.05, 0) is 42.9 Å². The predicted octanol–water partition coefficient (Wildman–Crippen LogP) is 2.86. The highest BCUT2D eigenvalue weighted by Crippen LogP contribution is 2.43. The number of nitrogens with one attached hydrogen (secondary N) is 1. The van der Waals surface area contributed by atoms with Crippen LogP contribution in [0.4, 0.5) is 5.69 Å². The second-order valence-corrected chi connectivity index (χ2v) is 8.86. The minimum atomic E-state index is -3.18. The Labute approximate surface area is 131 Å². The molecule has 1 aromatic carbocycles. The SMILES string of the molecule is CCC1(CNS(=O)(=O)CCSc2cccc(N)c2)CCC1. The first-order valence-electron chi connectivity index (χ1n) is 7.40. The molecule has 0 bridgehead atoms. The summed E-state index contributed by atoms with van der Waals surface area (Å²) in [6.07, 6.45) is 4.56. The molecule has 2 rings (SSSR count). The van der Waals surface area contributed by atoms with E-state index in [1.165, 1.54) is 18.2 Å². The van der Waals surface area contributed by atoms with Crippen LogP contribution < -0.4 is 10.5 Å². The van der Waals surface area contributed by atoms with Gasteiger partial charge in [0.05, 0.1) is 5.75 Å². The molecule has 21 heavy (non-hydrogen) atoms. The summed E-state index contributed by atoms with van der Waals surface area (Å²) in [5.41, 5.74) is 6.63. The molecule has 1 aliphatic carbocycles. The van der Waals surface area contributed by atoms with Crippen LogP contribution in [0.1, 0.15) is 32.6 Å². The zero-order valence-electron chi connectivity index (χ0n) is 12.5. The molecule has 3 N–H and O–H groups in total. The molecule has 0 radical (unpaired) electrons. The van der Waals surface area contributed by atoms with Gasteiger partial charge in [0.2, 0.25) is 10.0 Å². The molecule has 0 saturated heterocycles. The van der Waals surface area contributed by atoms with Crippen LogP contribution in [0.15, 0.2) is 29.2 Å². The number of nitrogens with two attached hydrogens (primary N) is 1. The van der Waals surface area contributed by atoms with Gasteiger partial charge in [0.1, 0.15) is 0 Å². The average molecular weight is 329 g/mol. The molecule has 0 aromatic heterocycles. The highest BCUT2D eigenvalue weighted by atomic mass is 32.2. The van der Waals surface area contributed by atoms with Crippen molar-refractivity contribution < 1.29 is 8.42 Å². The van der Waals surface area contributed by atoms with E-state index in [0.717, 1.165) is 24.2 Å². The van der Waals surface area contributed by atoms with Crippen molar-refractivity contribution >= 4 is 27.5 Å². The second kappa shape index (κ2) is 7.03. The summed E-state index contributed by atoms with van der Waals surface area (Å²) in [6, 6.07) is 7.52. The Morgan fingerprint density at radius 1 is 1.38 bits per heavy atom. The normalized spacial score (nSPS) is 17.4. The van der Waals surface area contributed by atoms with Gasteiger partial charge in [-0.2, -0.15) is 0 Å². The minimum absolute atomic E-state index is 0.145. The fourth-order valence-electron chi connectivity index (χ4n) is 2.54. The highest BCUT2D eigenvalue weighted by molar-refractivity contribution is 8.00. The van der Waals surface area contributed by atoms with E-state index >= 15 is 0 Å². The van der Waals surface area contributed by atoms with Crippen LogP contribution in [0.5, 0.6) is 0 Å². The van der Waals surface area contributed by atoms with E-state index in [9.17, 15) is 8.42 Å². The summed E-state index contributed by atoms with van der Waals surface area (Å²) in [5.74, 6) is 0.685. The summed E-state index contributed by atoms with van der Waals surface area (Å²) in [5, 5.41) is 0. The molecule has 4 nitrogen and oxygen atoms in total. The maximum absolute atomic E-state index is 12.0. The Morgan fingerprint density at radius 2 is 2.14 bits per heavy atom. The number of sulfonamides is 1. The largest absolute Gasteiger partial charge is 0.399 e. The van der Waals surface area contributed by atoms with E-state index in [0.29, 0.717) is 18.0 Å². The molecule has 1 aliphatic rings. The molecule has 118 valence electrons.